The van der Waals surface area contributed by atoms with Crippen molar-refractivity contribution in [3.63, 3.8) is 0 Å². The lowest BCUT2D eigenvalue weighted by molar-refractivity contribution is -0.345. The number of carbonyl (C=O) groups is 7. The molecule has 19 nitrogen and oxygen atoms in total. The highest BCUT2D eigenvalue weighted by molar-refractivity contribution is 5.96. The smallest absolute Gasteiger partial charge is 0.467 e. The molecule has 5 aliphatic rings. The van der Waals surface area contributed by atoms with Crippen molar-refractivity contribution in [2.45, 2.75) is 141 Å². The third-order valence-electron chi connectivity index (χ3n) is 13.3. The molecular formula is C45H53NO18. The maximum absolute atomic E-state index is 15.7. The minimum Gasteiger partial charge on any atom is -0.467 e. The van der Waals surface area contributed by atoms with Gasteiger partial charge in [-0.15, -0.1) is 0 Å². The standard InChI is InChI=1S/C45H53NO18/c1-21-28-30(58-22(2)47)33(50)42(9)26(49)19-27-44(20-57-27,62-23(3)48)31(42)35(60-36(51)24-15-12-11-13-16-24)45(41(28,7)8)34(61-39(54)64-45)29(21)59-37(52)43(10,55)32(25-17-14-18-56-25)46-38(53)63-40(4,5)6/h11-18,26-27,29-32,34-35,49,55H,19-20H2,1-10H3,(H,46,53)/t26-,27?,29+,30+,31?,32+,34?,35?,42+,43+,44-,45+/m0/s1. The lowest BCUT2D eigenvalue weighted by Crippen LogP contribution is -2.83. The van der Waals surface area contributed by atoms with Crippen molar-refractivity contribution in [2.24, 2.45) is 16.7 Å². The van der Waals surface area contributed by atoms with Crippen LogP contribution in [-0.2, 0) is 57.1 Å². The highest BCUT2D eigenvalue weighted by Crippen LogP contribution is 2.67. The Morgan fingerprint density at radius 2 is 1.59 bits per heavy atom. The highest BCUT2D eigenvalue weighted by atomic mass is 16.8. The second-order valence-electron chi connectivity index (χ2n) is 18.9. The molecule has 1 spiro atoms. The number of benzene rings is 1. The molecule has 1 amide bonds. The van der Waals surface area contributed by atoms with E-state index in [-0.39, 0.29) is 35.5 Å². The lowest BCUT2D eigenvalue weighted by atomic mass is 9.44. The van der Waals surface area contributed by atoms with Gasteiger partial charge in [0, 0.05) is 25.7 Å². The van der Waals surface area contributed by atoms with Gasteiger partial charge < -0.3 is 57.8 Å². The summed E-state index contributed by atoms with van der Waals surface area (Å²) in [5, 5.41) is 26.8. The number of fused-ring (bicyclic) bond motifs is 4. The molecule has 2 aromatic rings. The maximum atomic E-state index is 15.7. The van der Waals surface area contributed by atoms with E-state index in [4.69, 9.17) is 42.3 Å². The molecule has 12 atom stereocenters. The molecule has 7 rings (SSSR count). The van der Waals surface area contributed by atoms with Crippen LogP contribution in [-0.4, -0.2) is 118 Å². The summed E-state index contributed by atoms with van der Waals surface area (Å²) in [4.78, 5) is 98.2. The van der Waals surface area contributed by atoms with E-state index in [0.29, 0.717) is 0 Å². The van der Waals surface area contributed by atoms with E-state index in [2.05, 4.69) is 5.32 Å². The Labute approximate surface area is 368 Å². The summed E-state index contributed by atoms with van der Waals surface area (Å²) in [6.07, 6.45) is -11.7. The molecular weight excluding hydrogens is 842 g/mol. The largest absolute Gasteiger partial charge is 0.509 e. The van der Waals surface area contributed by atoms with Crippen LogP contribution >= 0.6 is 0 Å². The van der Waals surface area contributed by atoms with Crippen molar-refractivity contribution < 1.29 is 86.1 Å². The van der Waals surface area contributed by atoms with Gasteiger partial charge in [-0.3, -0.25) is 14.4 Å². The van der Waals surface area contributed by atoms with Gasteiger partial charge in [0.05, 0.1) is 35.9 Å². The Morgan fingerprint density at radius 1 is 0.922 bits per heavy atom. The van der Waals surface area contributed by atoms with E-state index < -0.39 is 124 Å². The summed E-state index contributed by atoms with van der Waals surface area (Å²) in [6, 6.07) is 8.84. The van der Waals surface area contributed by atoms with Crippen molar-refractivity contribution in [1.29, 1.82) is 0 Å². The number of ether oxygens (including phenoxy) is 8. The third kappa shape index (κ3) is 7.11. The first-order valence-corrected chi connectivity index (χ1v) is 20.8. The summed E-state index contributed by atoms with van der Waals surface area (Å²) >= 11 is 0. The van der Waals surface area contributed by atoms with Crippen LogP contribution in [0.25, 0.3) is 0 Å². The molecule has 2 saturated carbocycles. The summed E-state index contributed by atoms with van der Waals surface area (Å²) < 4.78 is 53.8. The Balaban J connectivity index is 1.48. The van der Waals surface area contributed by atoms with Crippen molar-refractivity contribution in [3.05, 3.63) is 71.2 Å². The van der Waals surface area contributed by atoms with Crippen LogP contribution in [0.1, 0.15) is 97.8 Å². The summed E-state index contributed by atoms with van der Waals surface area (Å²) in [5.74, 6) is -6.90. The Hall–Kier alpha value is -5.79. The zero-order valence-electron chi connectivity index (χ0n) is 37.1. The fourth-order valence-electron chi connectivity index (χ4n) is 10.5. The molecule has 64 heavy (non-hydrogen) atoms. The van der Waals surface area contributed by atoms with Crippen molar-refractivity contribution >= 4 is 41.9 Å². The normalized spacial score (nSPS) is 33.9. The Kier molecular flexibility index (Phi) is 11.4. The predicted molar refractivity (Wildman–Crippen MR) is 215 cm³/mol. The van der Waals surface area contributed by atoms with Gasteiger partial charge >= 0.3 is 36.1 Å². The molecule has 346 valence electrons. The number of rotatable bonds is 9. The van der Waals surface area contributed by atoms with Gasteiger partial charge in [0.25, 0.3) is 0 Å². The van der Waals surface area contributed by atoms with Gasteiger partial charge in [0.2, 0.25) is 5.60 Å². The minimum absolute atomic E-state index is 0.00826. The van der Waals surface area contributed by atoms with Gasteiger partial charge in [-0.25, -0.2) is 19.2 Å². The number of nitrogens with one attached hydrogen (secondary N) is 1. The number of alkyl carbamates (subject to hydrolysis) is 1. The van der Waals surface area contributed by atoms with Gasteiger partial charge in [-0.1, -0.05) is 32.0 Å². The number of furan rings is 1. The number of amides is 1. The first-order valence-electron chi connectivity index (χ1n) is 20.8. The average molecular weight is 896 g/mol. The number of hydrogen-bond acceptors (Lipinski definition) is 18. The summed E-state index contributed by atoms with van der Waals surface area (Å²) in [7, 11) is 0. The first kappa shape index (κ1) is 46.2. The number of carbonyl (C=O) groups excluding carboxylic acids is 7. The molecule has 1 aromatic carbocycles. The van der Waals surface area contributed by atoms with E-state index in [1.54, 1.807) is 39.0 Å². The van der Waals surface area contributed by atoms with Crippen molar-refractivity contribution in [1.82, 2.24) is 5.32 Å². The van der Waals surface area contributed by atoms with Crippen LogP contribution in [0.15, 0.2) is 64.3 Å². The molecule has 2 aliphatic heterocycles. The number of aliphatic hydroxyl groups is 2. The molecule has 0 radical (unpaired) electrons. The van der Waals surface area contributed by atoms with E-state index in [0.717, 1.165) is 20.8 Å². The zero-order valence-corrected chi connectivity index (χ0v) is 37.1. The SMILES string of the molecule is CC(=O)O[C@H]1C(=O)[C@@]2(C)C(C(OC(=O)c3ccccc3)[C@]34OC(=O)OC3[C@H](OC(=O)[C@](C)(O)[C@H](NC(=O)OC(C)(C)C)c3ccco3)C(C)=C1C4(C)C)[C@]1(OC(C)=O)COC1C[C@@H]2O. The number of aliphatic hydroxyl groups excluding tert-OH is 1. The van der Waals surface area contributed by atoms with Crippen molar-refractivity contribution in [2.75, 3.05) is 6.61 Å². The van der Waals surface area contributed by atoms with Gasteiger partial charge in [-0.2, -0.15) is 0 Å². The summed E-state index contributed by atoms with van der Waals surface area (Å²) in [6.45, 7) is 13.5. The van der Waals surface area contributed by atoms with Gasteiger partial charge in [0.15, 0.2) is 41.4 Å². The molecule has 2 saturated heterocycles. The molecule has 1 aromatic heterocycles. The Morgan fingerprint density at radius 3 is 2.16 bits per heavy atom. The fraction of sp³-hybridized carbons (Fsp3) is 0.578. The Bertz CT molecular complexity index is 2280. The van der Waals surface area contributed by atoms with Crippen LogP contribution in [0.3, 0.4) is 0 Å². The van der Waals surface area contributed by atoms with Crippen LogP contribution in [0, 0.1) is 16.7 Å². The monoisotopic (exact) mass is 895 g/mol. The van der Waals surface area contributed by atoms with Gasteiger partial charge in [-0.05, 0) is 77.0 Å². The second-order valence-corrected chi connectivity index (χ2v) is 18.9. The van der Waals surface area contributed by atoms with Crippen LogP contribution in [0.5, 0.6) is 0 Å². The van der Waals surface area contributed by atoms with E-state index in [9.17, 15) is 39.0 Å². The molecule has 4 unspecified atom stereocenters. The second kappa shape index (κ2) is 15.7. The first-order chi connectivity index (χ1) is 29.7. The van der Waals surface area contributed by atoms with E-state index in [1.165, 1.54) is 58.2 Å². The number of esters is 4. The van der Waals surface area contributed by atoms with Gasteiger partial charge in [0.1, 0.15) is 23.5 Å². The fourth-order valence-corrected chi connectivity index (χ4v) is 10.5. The maximum Gasteiger partial charge on any atom is 0.509 e. The third-order valence-corrected chi connectivity index (χ3v) is 13.3. The quantitative estimate of drug-likeness (QED) is 0.183. The van der Waals surface area contributed by atoms with Crippen LogP contribution < -0.4 is 5.32 Å². The molecule has 4 fully saturated rings. The van der Waals surface area contributed by atoms with Crippen LogP contribution in [0.2, 0.25) is 0 Å². The number of hydrogen-bond donors (Lipinski definition) is 3. The van der Waals surface area contributed by atoms with E-state index in [1.807, 2.05) is 0 Å². The lowest BCUT2D eigenvalue weighted by Gasteiger charge is -2.67. The molecule has 2 bridgehead atoms. The number of Topliss-reactive ketones (excluding diaryl/α,β-unsaturated/α-hetero) is 1. The minimum atomic E-state index is -2.71. The average Bonchev–Trinajstić information content (AvgIpc) is 3.86. The highest BCUT2D eigenvalue weighted by Gasteiger charge is 2.83. The predicted octanol–water partition coefficient (Wildman–Crippen LogP) is 3.97. The zero-order chi connectivity index (χ0) is 47.1. The van der Waals surface area contributed by atoms with E-state index >= 15 is 4.79 Å². The molecule has 19 heteroatoms. The number of ketones is 1. The van der Waals surface area contributed by atoms with Crippen LogP contribution in [0.4, 0.5) is 9.59 Å². The van der Waals surface area contributed by atoms with Crippen molar-refractivity contribution in [3.8, 4) is 0 Å². The summed E-state index contributed by atoms with van der Waals surface area (Å²) in [5.41, 5.74) is -12.0. The molecule has 3 heterocycles. The topological polar surface area (TPSA) is 259 Å². The molecule has 3 aliphatic carbocycles. The molecule has 3 N–H and O–H groups in total.